The molecule has 13 heteroatoms. The number of carbonyl (C=O) groups excluding carboxylic acids is 2. The predicted molar refractivity (Wildman–Crippen MR) is 214 cm³/mol. The lowest BCUT2D eigenvalue weighted by molar-refractivity contribution is 0.0217. The van der Waals surface area contributed by atoms with Crippen LogP contribution in [0.1, 0.15) is 97.0 Å². The number of likely N-dealkylation sites (tertiary alicyclic amines) is 1. The van der Waals surface area contributed by atoms with Crippen LogP contribution in [0.25, 0.3) is 21.9 Å². The van der Waals surface area contributed by atoms with E-state index in [1.54, 1.807) is 52.0 Å². The Hall–Kier alpha value is -3.55. The Kier molecular flexibility index (Phi) is 11.4. The summed E-state index contributed by atoms with van der Waals surface area (Å²) in [5, 5.41) is 2.51. The molecule has 2 fully saturated rings. The molecule has 1 aromatic heterocycles. The molecule has 0 atom stereocenters. The number of aromatic nitrogens is 1. The van der Waals surface area contributed by atoms with Crippen LogP contribution in [0.3, 0.4) is 0 Å². The van der Waals surface area contributed by atoms with Gasteiger partial charge in [0, 0.05) is 60.2 Å². The van der Waals surface area contributed by atoms with Crippen LogP contribution in [0.5, 0.6) is 0 Å². The molecule has 10 nitrogen and oxygen atoms in total. The van der Waals surface area contributed by atoms with E-state index < -0.39 is 46.3 Å². The molecule has 0 bridgehead atoms. The van der Waals surface area contributed by atoms with Crippen molar-refractivity contribution in [2.45, 2.75) is 134 Å². The molecule has 1 aliphatic heterocycles. The molecule has 296 valence electrons. The lowest BCUT2D eigenvalue weighted by Gasteiger charge is -2.39. The maximum absolute atomic E-state index is 15.3. The molecule has 3 aromatic rings. The first-order valence-corrected chi connectivity index (χ1v) is 23.4. The number of hydrogen-bond acceptors (Lipinski definition) is 7. The maximum Gasteiger partial charge on any atom is 0.410 e. The molecule has 0 unspecified atom stereocenters. The molecule has 0 radical (unpaired) electrons. The van der Waals surface area contributed by atoms with Gasteiger partial charge in [0.1, 0.15) is 11.4 Å². The average Bonchev–Trinajstić information content (AvgIpc) is 3.89. The molecule has 2 amide bonds. The second-order valence-corrected chi connectivity index (χ2v) is 25.5. The number of ether oxygens (including phenoxy) is 1. The Balaban J connectivity index is 1.58. The topological polar surface area (TPSA) is 124 Å². The van der Waals surface area contributed by atoms with Crippen molar-refractivity contribution >= 4 is 40.9 Å². The Morgan fingerprint density at radius 1 is 0.944 bits per heavy atom. The van der Waals surface area contributed by atoms with Gasteiger partial charge in [-0.15, -0.1) is 0 Å². The van der Waals surface area contributed by atoms with Gasteiger partial charge in [-0.1, -0.05) is 40.7 Å². The molecule has 1 N–H and O–H groups in total. The van der Waals surface area contributed by atoms with E-state index in [9.17, 15) is 22.8 Å². The summed E-state index contributed by atoms with van der Waals surface area (Å²) < 4.78 is 58.4. The van der Waals surface area contributed by atoms with E-state index in [4.69, 9.17) is 9.16 Å². The molecule has 1 saturated heterocycles. The number of piperidine rings is 1. The number of benzene rings is 2. The maximum atomic E-state index is 15.3. The summed E-state index contributed by atoms with van der Waals surface area (Å²) in [4.78, 5) is 41.5. The third-order valence-electron chi connectivity index (χ3n) is 10.9. The zero-order valence-electron chi connectivity index (χ0n) is 33.8. The fraction of sp³-hybridized carbons (Fsp3) is 0.585. The highest BCUT2D eigenvalue weighted by atomic mass is 32.2. The monoisotopic (exact) mass is 783 g/mol. The van der Waals surface area contributed by atoms with Crippen LogP contribution in [0.2, 0.25) is 18.1 Å². The van der Waals surface area contributed by atoms with Crippen LogP contribution in [-0.4, -0.2) is 74.8 Å². The summed E-state index contributed by atoms with van der Waals surface area (Å²) in [6.45, 7) is 22.8. The lowest BCUT2D eigenvalue weighted by atomic mass is 9.94. The molecule has 2 aliphatic rings. The highest BCUT2D eigenvalue weighted by Gasteiger charge is 2.39. The second-order valence-electron chi connectivity index (χ2n) is 18.5. The molecular weight excluding hydrogens is 726 g/mol. The number of carbonyl (C=O) groups is 2. The van der Waals surface area contributed by atoms with E-state index in [1.807, 2.05) is 13.8 Å². The van der Waals surface area contributed by atoms with Crippen molar-refractivity contribution < 1.29 is 31.6 Å². The minimum atomic E-state index is -4.07. The van der Waals surface area contributed by atoms with Gasteiger partial charge in [-0.2, -0.15) is 0 Å². The summed E-state index contributed by atoms with van der Waals surface area (Å²) in [5.41, 5.74) is -0.179. The smallest absolute Gasteiger partial charge is 0.410 e. The Bertz CT molecular complexity index is 2100. The summed E-state index contributed by atoms with van der Waals surface area (Å²) in [6, 6.07) is 7.82. The lowest BCUT2D eigenvalue weighted by Crippen LogP contribution is -2.45. The molecular formula is C41H58FN3O7SSi. The van der Waals surface area contributed by atoms with Gasteiger partial charge in [0.15, 0.2) is 18.2 Å². The first-order chi connectivity index (χ1) is 24.8. The number of sulfone groups is 1. The average molecular weight is 784 g/mol. The second kappa shape index (κ2) is 14.8. The van der Waals surface area contributed by atoms with E-state index in [1.165, 1.54) is 21.7 Å². The van der Waals surface area contributed by atoms with Crippen molar-refractivity contribution in [2.75, 3.05) is 19.7 Å². The molecule has 0 spiro atoms. The molecule has 5 rings (SSSR count). The Morgan fingerprint density at radius 2 is 1.57 bits per heavy atom. The first kappa shape index (κ1) is 41.6. The number of amides is 2. The highest BCUT2D eigenvalue weighted by Crippen LogP contribution is 2.39. The summed E-state index contributed by atoms with van der Waals surface area (Å²) in [5.74, 6) is -0.932. The summed E-state index contributed by atoms with van der Waals surface area (Å²) >= 11 is 0. The van der Waals surface area contributed by atoms with Gasteiger partial charge < -0.3 is 23.9 Å². The minimum absolute atomic E-state index is 0.00320. The standard InChI is InChI=1S/C41H58FN3O7SSi/c1-26-32(21-28(22-34(26)42)36(46)43-29-13-14-29)27-12-15-31-33(20-27)35(53(49,50)30-16-18-44(19-17-30)38(48)52-39(2,3)4)23-45(37(31)47)24-41(8,9)25-51-54(10,11)40(5,6)7/h12,15,20-23,29-30H,13-14,16-19,24-25H2,1-11H3,(H,43,46). The quantitative estimate of drug-likeness (QED) is 0.206. The number of nitrogens with zero attached hydrogens (tertiary/aromatic N) is 2. The van der Waals surface area contributed by atoms with Gasteiger partial charge in [0.05, 0.1) is 10.1 Å². The predicted octanol–water partition coefficient (Wildman–Crippen LogP) is 8.23. The van der Waals surface area contributed by atoms with Crippen molar-refractivity contribution in [1.82, 2.24) is 14.8 Å². The van der Waals surface area contributed by atoms with Crippen LogP contribution in [0, 0.1) is 18.2 Å². The Labute approximate surface area is 320 Å². The normalized spacial score (nSPS) is 16.5. The minimum Gasteiger partial charge on any atom is -0.444 e. The molecule has 1 saturated carbocycles. The third kappa shape index (κ3) is 9.27. The van der Waals surface area contributed by atoms with E-state index in [0.717, 1.165) is 12.8 Å². The number of hydrogen-bond donors (Lipinski definition) is 1. The molecule has 54 heavy (non-hydrogen) atoms. The summed E-state index contributed by atoms with van der Waals surface area (Å²) in [6.07, 6.45) is 3.11. The van der Waals surface area contributed by atoms with Gasteiger partial charge in [-0.25, -0.2) is 17.6 Å². The largest absolute Gasteiger partial charge is 0.444 e. The van der Waals surface area contributed by atoms with Crippen LogP contribution in [0.15, 0.2) is 46.2 Å². The number of nitrogens with one attached hydrogen (secondary N) is 1. The van der Waals surface area contributed by atoms with Crippen molar-refractivity contribution in [1.29, 1.82) is 0 Å². The number of fused-ring (bicyclic) bond motifs is 1. The molecule has 1 aliphatic carbocycles. The van der Waals surface area contributed by atoms with Crippen LogP contribution >= 0.6 is 0 Å². The number of pyridine rings is 1. The van der Waals surface area contributed by atoms with Crippen molar-refractivity contribution in [2.24, 2.45) is 5.41 Å². The SMILES string of the molecule is Cc1c(F)cc(C(=O)NC2CC2)cc1-c1ccc2c(=O)n(CC(C)(C)CO[Si](C)(C)C(C)(C)C)cc(S(=O)(=O)C3CCN(C(=O)OC(C)(C)C)CC3)c2c1. The van der Waals surface area contributed by atoms with E-state index in [2.05, 4.69) is 39.2 Å². The fourth-order valence-corrected chi connectivity index (χ4v) is 9.56. The number of halogens is 1. The van der Waals surface area contributed by atoms with Crippen molar-refractivity contribution in [3.8, 4) is 11.1 Å². The van der Waals surface area contributed by atoms with Crippen molar-refractivity contribution in [3.05, 3.63) is 63.8 Å². The van der Waals surface area contributed by atoms with Crippen LogP contribution in [0.4, 0.5) is 9.18 Å². The molecule has 2 heterocycles. The van der Waals surface area contributed by atoms with Gasteiger partial charge in [-0.3, -0.25) is 9.59 Å². The van der Waals surface area contributed by atoms with Crippen molar-refractivity contribution in [3.63, 3.8) is 0 Å². The van der Waals surface area contributed by atoms with E-state index in [0.29, 0.717) is 23.3 Å². The molecule has 2 aromatic carbocycles. The number of rotatable bonds is 10. The zero-order valence-corrected chi connectivity index (χ0v) is 35.6. The van der Waals surface area contributed by atoms with E-state index >= 15 is 4.39 Å². The van der Waals surface area contributed by atoms with E-state index in [-0.39, 0.29) is 76.3 Å². The van der Waals surface area contributed by atoms with Gasteiger partial charge in [-0.05, 0) is 112 Å². The summed E-state index contributed by atoms with van der Waals surface area (Å²) in [7, 11) is -6.18. The van der Waals surface area contributed by atoms with Crippen LogP contribution < -0.4 is 10.9 Å². The van der Waals surface area contributed by atoms with Gasteiger partial charge in [0.25, 0.3) is 11.5 Å². The first-order valence-electron chi connectivity index (χ1n) is 18.9. The highest BCUT2D eigenvalue weighted by molar-refractivity contribution is 7.92. The third-order valence-corrected chi connectivity index (χ3v) is 17.7. The van der Waals surface area contributed by atoms with Gasteiger partial charge >= 0.3 is 6.09 Å². The Morgan fingerprint density at radius 3 is 2.15 bits per heavy atom. The van der Waals surface area contributed by atoms with Crippen LogP contribution in [-0.2, 0) is 25.5 Å². The fourth-order valence-electron chi connectivity index (χ4n) is 6.43. The zero-order chi connectivity index (χ0) is 40.2. The van der Waals surface area contributed by atoms with Gasteiger partial charge in [0.2, 0.25) is 0 Å².